The zero-order valence-corrected chi connectivity index (χ0v) is 10.3. The van der Waals surface area contributed by atoms with Gasteiger partial charge in [-0.25, -0.2) is 0 Å². The molecule has 0 aromatic heterocycles. The number of aliphatic hydroxyl groups excluding tert-OH is 2. The maximum absolute atomic E-state index is 9.28. The first-order chi connectivity index (χ1) is 8.85. The average Bonchev–Trinajstić information content (AvgIpc) is 2.45. The van der Waals surface area contributed by atoms with Crippen molar-refractivity contribution in [2.45, 2.75) is 26.1 Å². The van der Waals surface area contributed by atoms with E-state index in [4.69, 9.17) is 0 Å². The normalized spacial score (nSPS) is 10.6. The van der Waals surface area contributed by atoms with E-state index >= 15 is 0 Å². The van der Waals surface area contributed by atoms with E-state index in [9.17, 15) is 10.2 Å². The van der Waals surface area contributed by atoms with Crippen molar-refractivity contribution in [3.05, 3.63) is 70.8 Å². The van der Waals surface area contributed by atoms with Crippen LogP contribution in [0.25, 0.3) is 0 Å². The quantitative estimate of drug-likeness (QED) is 0.845. The van der Waals surface area contributed by atoms with Gasteiger partial charge in [-0.1, -0.05) is 48.5 Å². The number of hydrogen-bond acceptors (Lipinski definition) is 2. The molecule has 94 valence electrons. The van der Waals surface area contributed by atoms with Gasteiger partial charge < -0.3 is 10.2 Å². The van der Waals surface area contributed by atoms with Gasteiger partial charge in [-0.3, -0.25) is 0 Å². The minimum atomic E-state index is 0.0812. The first-order valence-corrected chi connectivity index (χ1v) is 6.20. The molecule has 2 aromatic rings. The second-order valence-corrected chi connectivity index (χ2v) is 4.35. The first-order valence-electron chi connectivity index (χ1n) is 6.20. The van der Waals surface area contributed by atoms with E-state index in [1.54, 1.807) is 0 Å². The van der Waals surface area contributed by atoms with Crippen LogP contribution in [-0.2, 0) is 26.1 Å². The molecule has 18 heavy (non-hydrogen) atoms. The van der Waals surface area contributed by atoms with Gasteiger partial charge in [0.15, 0.2) is 0 Å². The molecule has 0 aliphatic carbocycles. The molecule has 0 amide bonds. The molecule has 0 fully saturated rings. The van der Waals surface area contributed by atoms with Gasteiger partial charge in [0.1, 0.15) is 0 Å². The molecule has 2 nitrogen and oxygen atoms in total. The second kappa shape index (κ2) is 6.34. The highest BCUT2D eigenvalue weighted by Gasteiger charge is 2.04. The molecule has 0 atom stereocenters. The van der Waals surface area contributed by atoms with E-state index in [2.05, 4.69) is 0 Å². The van der Waals surface area contributed by atoms with Gasteiger partial charge >= 0.3 is 0 Å². The van der Waals surface area contributed by atoms with Crippen molar-refractivity contribution in [1.29, 1.82) is 0 Å². The molecular weight excluding hydrogens is 224 g/mol. The fourth-order valence-corrected chi connectivity index (χ4v) is 2.18. The molecule has 0 aliphatic heterocycles. The summed E-state index contributed by atoms with van der Waals surface area (Å²) < 4.78 is 0. The molecule has 0 saturated carbocycles. The highest BCUT2D eigenvalue weighted by molar-refractivity contribution is 5.30. The fourth-order valence-electron chi connectivity index (χ4n) is 2.18. The SMILES string of the molecule is OCc1ccccc1CCc1ccccc1CO. The van der Waals surface area contributed by atoms with E-state index in [0.717, 1.165) is 24.0 Å². The van der Waals surface area contributed by atoms with Gasteiger partial charge in [0.25, 0.3) is 0 Å². The zero-order chi connectivity index (χ0) is 12.8. The highest BCUT2D eigenvalue weighted by Crippen LogP contribution is 2.15. The van der Waals surface area contributed by atoms with Gasteiger partial charge in [0.2, 0.25) is 0 Å². The Balaban J connectivity index is 2.11. The lowest BCUT2D eigenvalue weighted by molar-refractivity contribution is 0.279. The first kappa shape index (κ1) is 12.8. The Morgan fingerprint density at radius 2 is 0.889 bits per heavy atom. The van der Waals surface area contributed by atoms with Crippen LogP contribution in [-0.4, -0.2) is 10.2 Å². The van der Waals surface area contributed by atoms with Crippen LogP contribution in [0.2, 0.25) is 0 Å². The third kappa shape index (κ3) is 2.97. The van der Waals surface area contributed by atoms with Crippen molar-refractivity contribution < 1.29 is 10.2 Å². The molecule has 2 N–H and O–H groups in total. The van der Waals surface area contributed by atoms with Crippen molar-refractivity contribution in [2.24, 2.45) is 0 Å². The van der Waals surface area contributed by atoms with Gasteiger partial charge in [0.05, 0.1) is 13.2 Å². The standard InChI is InChI=1S/C16H18O2/c17-11-15-7-3-1-5-13(15)9-10-14-6-2-4-8-16(14)12-18/h1-8,17-18H,9-12H2. The molecule has 0 heterocycles. The maximum Gasteiger partial charge on any atom is 0.0684 e. The Kier molecular flexibility index (Phi) is 4.51. The third-order valence-corrected chi connectivity index (χ3v) is 3.24. The lowest BCUT2D eigenvalue weighted by atomic mass is 9.97. The van der Waals surface area contributed by atoms with Crippen LogP contribution in [0.1, 0.15) is 22.3 Å². The lowest BCUT2D eigenvalue weighted by Gasteiger charge is -2.09. The molecular formula is C16H18O2. The van der Waals surface area contributed by atoms with Crippen molar-refractivity contribution in [2.75, 3.05) is 0 Å². The monoisotopic (exact) mass is 242 g/mol. The molecule has 0 radical (unpaired) electrons. The molecule has 0 saturated heterocycles. The summed E-state index contributed by atoms with van der Waals surface area (Å²) in [6, 6.07) is 15.9. The molecule has 2 heteroatoms. The summed E-state index contributed by atoms with van der Waals surface area (Å²) in [6.07, 6.45) is 1.77. The predicted molar refractivity (Wildman–Crippen MR) is 72.1 cm³/mol. The Labute approximate surface area is 108 Å². The number of benzene rings is 2. The molecule has 0 spiro atoms. The van der Waals surface area contributed by atoms with E-state index < -0.39 is 0 Å². The summed E-state index contributed by atoms with van der Waals surface area (Å²) in [7, 11) is 0. The Morgan fingerprint density at radius 1 is 0.556 bits per heavy atom. The number of aliphatic hydroxyl groups is 2. The Bertz CT molecular complexity index is 458. The maximum atomic E-state index is 9.28. The summed E-state index contributed by atoms with van der Waals surface area (Å²) in [4.78, 5) is 0. The van der Waals surface area contributed by atoms with Gasteiger partial charge in [-0.2, -0.15) is 0 Å². The summed E-state index contributed by atoms with van der Waals surface area (Å²) in [5.41, 5.74) is 4.32. The van der Waals surface area contributed by atoms with Gasteiger partial charge in [-0.05, 0) is 35.1 Å². The van der Waals surface area contributed by atoms with Crippen LogP contribution in [0.15, 0.2) is 48.5 Å². The number of rotatable bonds is 5. The molecule has 0 bridgehead atoms. The number of aryl methyl sites for hydroxylation is 2. The largest absolute Gasteiger partial charge is 0.392 e. The summed E-state index contributed by atoms with van der Waals surface area (Å²) in [6.45, 7) is 0.162. The number of hydrogen-bond donors (Lipinski definition) is 2. The van der Waals surface area contributed by atoms with Gasteiger partial charge in [0, 0.05) is 0 Å². The van der Waals surface area contributed by atoms with Crippen molar-refractivity contribution in [3.63, 3.8) is 0 Å². The van der Waals surface area contributed by atoms with Crippen LogP contribution in [0.3, 0.4) is 0 Å². The smallest absolute Gasteiger partial charge is 0.0684 e. The average molecular weight is 242 g/mol. The van der Waals surface area contributed by atoms with Crippen molar-refractivity contribution in [3.8, 4) is 0 Å². The Morgan fingerprint density at radius 3 is 1.22 bits per heavy atom. The fraction of sp³-hybridized carbons (Fsp3) is 0.250. The molecule has 0 aliphatic rings. The van der Waals surface area contributed by atoms with E-state index in [1.165, 1.54) is 11.1 Å². The van der Waals surface area contributed by atoms with Crippen LogP contribution in [0.4, 0.5) is 0 Å². The lowest BCUT2D eigenvalue weighted by Crippen LogP contribution is -1.99. The van der Waals surface area contributed by atoms with Crippen molar-refractivity contribution >= 4 is 0 Å². The molecule has 0 unspecified atom stereocenters. The molecule has 2 rings (SSSR count). The van der Waals surface area contributed by atoms with Crippen LogP contribution in [0, 0.1) is 0 Å². The minimum Gasteiger partial charge on any atom is -0.392 e. The second-order valence-electron chi connectivity index (χ2n) is 4.35. The van der Waals surface area contributed by atoms with Crippen LogP contribution < -0.4 is 0 Å². The summed E-state index contributed by atoms with van der Waals surface area (Å²) >= 11 is 0. The van der Waals surface area contributed by atoms with Crippen molar-refractivity contribution in [1.82, 2.24) is 0 Å². The summed E-state index contributed by atoms with van der Waals surface area (Å²) in [5, 5.41) is 18.6. The van der Waals surface area contributed by atoms with E-state index in [-0.39, 0.29) is 13.2 Å². The highest BCUT2D eigenvalue weighted by atomic mass is 16.3. The van der Waals surface area contributed by atoms with E-state index in [0.29, 0.717) is 0 Å². The predicted octanol–water partition coefficient (Wildman–Crippen LogP) is 2.46. The minimum absolute atomic E-state index is 0.0812. The molecule has 2 aromatic carbocycles. The topological polar surface area (TPSA) is 40.5 Å². The third-order valence-electron chi connectivity index (χ3n) is 3.24. The summed E-state index contributed by atoms with van der Waals surface area (Å²) in [5.74, 6) is 0. The Hall–Kier alpha value is -1.64. The zero-order valence-electron chi connectivity index (χ0n) is 10.3. The van der Waals surface area contributed by atoms with Crippen LogP contribution in [0.5, 0.6) is 0 Å². The van der Waals surface area contributed by atoms with Crippen LogP contribution >= 0.6 is 0 Å². The van der Waals surface area contributed by atoms with Gasteiger partial charge in [-0.15, -0.1) is 0 Å². The van der Waals surface area contributed by atoms with E-state index in [1.807, 2.05) is 48.5 Å².